The summed E-state index contributed by atoms with van der Waals surface area (Å²) in [7, 11) is 0. The first-order valence-electron chi connectivity index (χ1n) is 4.25. The molecule has 1 aromatic heterocycles. The molecular weight excluding hydrogens is 202 g/mol. The second kappa shape index (κ2) is 4.81. The van der Waals surface area contributed by atoms with Gasteiger partial charge in [-0.25, -0.2) is 4.98 Å². The van der Waals surface area contributed by atoms with E-state index in [1.807, 2.05) is 6.92 Å². The number of hydrogen-bond acceptors (Lipinski definition) is 3. The highest BCUT2D eigenvalue weighted by Gasteiger charge is 2.07. The van der Waals surface area contributed by atoms with Gasteiger partial charge >= 0.3 is 0 Å². The molecule has 0 spiro atoms. The third-order valence-corrected chi connectivity index (χ3v) is 2.05. The number of nitrogens with zero attached hydrogens (tertiary/aromatic N) is 1. The summed E-state index contributed by atoms with van der Waals surface area (Å²) in [5, 5.41) is 3.10. The van der Waals surface area contributed by atoms with Crippen molar-refractivity contribution in [2.24, 2.45) is 0 Å². The molecule has 0 saturated heterocycles. The lowest BCUT2D eigenvalue weighted by molar-refractivity contribution is 0.805. The topological polar surface area (TPSA) is 57.8 Å². The van der Waals surface area contributed by atoms with E-state index >= 15 is 0 Å². The number of halogens is 1. The maximum atomic E-state index is 11.1. The van der Waals surface area contributed by atoms with E-state index in [9.17, 15) is 4.79 Å². The van der Waals surface area contributed by atoms with Crippen LogP contribution in [0.2, 0.25) is 5.02 Å². The third-order valence-electron chi connectivity index (χ3n) is 1.70. The molecule has 0 radical (unpaired) electrons. The summed E-state index contributed by atoms with van der Waals surface area (Å²) in [4.78, 5) is 17.4. The van der Waals surface area contributed by atoms with E-state index in [0.717, 1.165) is 6.42 Å². The Morgan fingerprint density at radius 3 is 3.21 bits per heavy atom. The third kappa shape index (κ3) is 2.60. The first kappa shape index (κ1) is 10.8. The Morgan fingerprint density at radius 1 is 1.86 bits per heavy atom. The Kier molecular flexibility index (Phi) is 3.71. The first-order chi connectivity index (χ1) is 6.65. The van der Waals surface area contributed by atoms with Gasteiger partial charge < -0.3 is 10.3 Å². The lowest BCUT2D eigenvalue weighted by atomic mass is 10.2. The summed E-state index contributed by atoms with van der Waals surface area (Å²) in [6.45, 7) is 5.58. The molecule has 0 aliphatic heterocycles. The van der Waals surface area contributed by atoms with Gasteiger partial charge in [0.15, 0.2) is 5.82 Å². The monoisotopic (exact) mass is 213 g/mol. The fourth-order valence-corrected chi connectivity index (χ4v) is 1.18. The Labute approximate surface area is 87.0 Å². The average Bonchev–Trinajstić information content (AvgIpc) is 2.13. The molecule has 0 saturated carbocycles. The van der Waals surface area contributed by atoms with Crippen LogP contribution < -0.4 is 10.9 Å². The molecule has 0 bridgehead atoms. The second-order valence-electron chi connectivity index (χ2n) is 2.96. The Hall–Kier alpha value is -1.29. The molecule has 4 nitrogen and oxygen atoms in total. The van der Waals surface area contributed by atoms with E-state index in [4.69, 9.17) is 11.6 Å². The molecule has 0 amide bonds. The van der Waals surface area contributed by atoms with Crippen molar-refractivity contribution in [1.29, 1.82) is 0 Å². The van der Waals surface area contributed by atoms with Crippen molar-refractivity contribution in [2.75, 3.05) is 5.32 Å². The standard InChI is InChI=1S/C9H12ClN3O/c1-3-4-6(2)13-8-7(10)9(14)12-5-11-8/h3,5-6H,1,4H2,2H3,(H2,11,12,13,14). The smallest absolute Gasteiger partial charge is 0.271 e. The Balaban J connectivity index is 2.81. The normalized spacial score (nSPS) is 12.1. The van der Waals surface area contributed by atoms with Gasteiger partial charge in [-0.3, -0.25) is 4.79 Å². The molecule has 14 heavy (non-hydrogen) atoms. The molecule has 76 valence electrons. The highest BCUT2D eigenvalue weighted by Crippen LogP contribution is 2.13. The summed E-state index contributed by atoms with van der Waals surface area (Å²) in [6, 6.07) is 0.152. The second-order valence-corrected chi connectivity index (χ2v) is 3.34. The van der Waals surface area contributed by atoms with Crippen molar-refractivity contribution in [3.05, 3.63) is 34.4 Å². The maximum absolute atomic E-state index is 11.1. The summed E-state index contributed by atoms with van der Waals surface area (Å²) in [5.74, 6) is 0.407. The quantitative estimate of drug-likeness (QED) is 0.750. The molecule has 0 aliphatic rings. The summed E-state index contributed by atoms with van der Waals surface area (Å²) in [6.07, 6.45) is 3.89. The molecule has 0 fully saturated rings. The van der Waals surface area contributed by atoms with Crippen molar-refractivity contribution >= 4 is 17.4 Å². The lowest BCUT2D eigenvalue weighted by Crippen LogP contribution is -2.18. The van der Waals surface area contributed by atoms with Gasteiger partial charge in [-0.2, -0.15) is 0 Å². The number of H-pyrrole nitrogens is 1. The fraction of sp³-hybridized carbons (Fsp3) is 0.333. The number of rotatable bonds is 4. The first-order valence-corrected chi connectivity index (χ1v) is 4.63. The van der Waals surface area contributed by atoms with Crippen LogP contribution in [0.3, 0.4) is 0 Å². The zero-order chi connectivity index (χ0) is 10.6. The van der Waals surface area contributed by atoms with Gasteiger partial charge in [-0.05, 0) is 13.3 Å². The van der Waals surface area contributed by atoms with Crippen LogP contribution in [0.15, 0.2) is 23.8 Å². The minimum atomic E-state index is -0.338. The average molecular weight is 214 g/mol. The molecular formula is C9H12ClN3O. The van der Waals surface area contributed by atoms with Gasteiger partial charge in [-0.1, -0.05) is 17.7 Å². The van der Waals surface area contributed by atoms with E-state index in [2.05, 4.69) is 21.9 Å². The minimum absolute atomic E-state index is 0.0865. The molecule has 0 aromatic carbocycles. The van der Waals surface area contributed by atoms with E-state index in [1.54, 1.807) is 6.08 Å². The zero-order valence-corrected chi connectivity index (χ0v) is 8.64. The SMILES string of the molecule is C=CCC(C)Nc1nc[nH]c(=O)c1Cl. The predicted molar refractivity (Wildman–Crippen MR) is 57.8 cm³/mol. The van der Waals surface area contributed by atoms with Crippen molar-refractivity contribution in [3.8, 4) is 0 Å². The zero-order valence-electron chi connectivity index (χ0n) is 7.88. The largest absolute Gasteiger partial charge is 0.366 e. The molecule has 1 aromatic rings. The number of nitrogens with one attached hydrogen (secondary N) is 2. The van der Waals surface area contributed by atoms with Crippen LogP contribution in [0.25, 0.3) is 0 Å². The van der Waals surface area contributed by atoms with Crippen LogP contribution in [0.1, 0.15) is 13.3 Å². The summed E-state index contributed by atoms with van der Waals surface area (Å²) in [5.41, 5.74) is -0.338. The van der Waals surface area contributed by atoms with Gasteiger partial charge in [0.2, 0.25) is 0 Å². The van der Waals surface area contributed by atoms with E-state index in [-0.39, 0.29) is 16.6 Å². The Morgan fingerprint density at radius 2 is 2.57 bits per heavy atom. The van der Waals surface area contributed by atoms with E-state index in [1.165, 1.54) is 6.33 Å². The molecule has 1 heterocycles. The number of aromatic nitrogens is 2. The molecule has 2 N–H and O–H groups in total. The predicted octanol–water partition coefficient (Wildman–Crippen LogP) is 1.80. The van der Waals surface area contributed by atoms with Crippen molar-refractivity contribution in [1.82, 2.24) is 9.97 Å². The summed E-state index contributed by atoms with van der Waals surface area (Å²) < 4.78 is 0. The fourth-order valence-electron chi connectivity index (χ4n) is 1.03. The van der Waals surface area contributed by atoms with Crippen molar-refractivity contribution < 1.29 is 0 Å². The van der Waals surface area contributed by atoms with Gasteiger partial charge in [-0.15, -0.1) is 6.58 Å². The lowest BCUT2D eigenvalue weighted by Gasteiger charge is -2.12. The van der Waals surface area contributed by atoms with E-state index in [0.29, 0.717) is 5.82 Å². The Bertz CT molecular complexity index is 375. The van der Waals surface area contributed by atoms with Crippen LogP contribution >= 0.6 is 11.6 Å². The van der Waals surface area contributed by atoms with Crippen LogP contribution in [-0.4, -0.2) is 16.0 Å². The number of anilines is 1. The molecule has 1 unspecified atom stereocenters. The number of aromatic amines is 1. The molecule has 1 atom stereocenters. The molecule has 1 rings (SSSR count). The van der Waals surface area contributed by atoms with Gasteiger partial charge in [0.1, 0.15) is 5.02 Å². The van der Waals surface area contributed by atoms with Crippen LogP contribution in [0.4, 0.5) is 5.82 Å². The highest BCUT2D eigenvalue weighted by molar-refractivity contribution is 6.32. The maximum Gasteiger partial charge on any atom is 0.271 e. The van der Waals surface area contributed by atoms with Gasteiger partial charge in [0.05, 0.1) is 6.33 Å². The van der Waals surface area contributed by atoms with Crippen molar-refractivity contribution in [3.63, 3.8) is 0 Å². The van der Waals surface area contributed by atoms with Crippen molar-refractivity contribution in [2.45, 2.75) is 19.4 Å². The molecule has 0 aliphatic carbocycles. The van der Waals surface area contributed by atoms with Crippen LogP contribution in [0.5, 0.6) is 0 Å². The van der Waals surface area contributed by atoms with Crippen LogP contribution in [-0.2, 0) is 0 Å². The minimum Gasteiger partial charge on any atom is -0.366 e. The summed E-state index contributed by atoms with van der Waals surface area (Å²) >= 11 is 5.74. The number of hydrogen-bond donors (Lipinski definition) is 2. The van der Waals surface area contributed by atoms with Crippen LogP contribution in [0, 0.1) is 0 Å². The van der Waals surface area contributed by atoms with Gasteiger partial charge in [0.25, 0.3) is 5.56 Å². The highest BCUT2D eigenvalue weighted by atomic mass is 35.5. The van der Waals surface area contributed by atoms with Gasteiger partial charge in [0, 0.05) is 6.04 Å². The van der Waals surface area contributed by atoms with E-state index < -0.39 is 0 Å². The molecule has 5 heteroatoms.